The molecule has 2 aliphatic heterocycles. The van der Waals surface area contributed by atoms with Gasteiger partial charge in [0.1, 0.15) is 12.2 Å². The largest absolute Gasteiger partial charge is 0.493 e. The maximum Gasteiger partial charge on any atom is 0.165 e. The van der Waals surface area contributed by atoms with Gasteiger partial charge in [-0.3, -0.25) is 0 Å². The van der Waals surface area contributed by atoms with Crippen LogP contribution in [0.4, 0.5) is 0 Å². The summed E-state index contributed by atoms with van der Waals surface area (Å²) in [5.41, 5.74) is -0.185. The van der Waals surface area contributed by atoms with E-state index in [0.29, 0.717) is 16.9 Å². The van der Waals surface area contributed by atoms with E-state index in [1.807, 2.05) is 0 Å². The molecular formula is C18H21NO3. The molecule has 0 aromatic heterocycles. The van der Waals surface area contributed by atoms with E-state index in [1.54, 1.807) is 18.2 Å². The molecule has 4 aliphatic rings. The van der Waals surface area contributed by atoms with Crippen LogP contribution in [0.3, 0.4) is 0 Å². The fraction of sp³-hybridized carbons (Fsp3) is 0.556. The first-order valence-corrected chi connectivity index (χ1v) is 7.54. The van der Waals surface area contributed by atoms with Gasteiger partial charge in [0.15, 0.2) is 11.5 Å². The number of hydrogen-bond acceptors (Lipinski definition) is 4. The molecule has 1 spiro atoms. The third kappa shape index (κ3) is 1.28. The molecule has 2 heterocycles. The zero-order valence-corrected chi connectivity index (χ0v) is 12.2. The van der Waals surface area contributed by atoms with Gasteiger partial charge in [-0.05, 0) is 37.9 Å². The van der Waals surface area contributed by atoms with E-state index in [2.05, 4.69) is 0 Å². The summed E-state index contributed by atoms with van der Waals surface area (Å²) in [6, 6.07) is 2.18. The summed E-state index contributed by atoms with van der Waals surface area (Å²) in [6.45, 7) is -2.39. The van der Waals surface area contributed by atoms with Crippen LogP contribution in [0, 0.1) is 5.92 Å². The normalized spacial score (nSPS) is 51.3. The number of piperidine rings is 1. The number of aliphatic hydroxyl groups is 1. The number of benzene rings is 1. The van der Waals surface area contributed by atoms with Gasteiger partial charge in [0.25, 0.3) is 0 Å². The first kappa shape index (κ1) is 8.37. The van der Waals surface area contributed by atoms with E-state index < -0.39 is 42.9 Å². The fourth-order valence-corrected chi connectivity index (χ4v) is 4.59. The Kier molecular flexibility index (Phi) is 1.54. The summed E-state index contributed by atoms with van der Waals surface area (Å²) in [5.74, 6) is 0.0402. The molecule has 5 rings (SSSR count). The van der Waals surface area contributed by atoms with Crippen LogP contribution in [-0.4, -0.2) is 48.9 Å². The molecule has 0 saturated carbocycles. The Balaban J connectivity index is 1.88. The highest BCUT2D eigenvalue weighted by Crippen LogP contribution is 2.62. The predicted octanol–water partition coefficient (Wildman–Crippen LogP) is 1.50. The van der Waals surface area contributed by atoms with Gasteiger partial charge in [-0.25, -0.2) is 0 Å². The van der Waals surface area contributed by atoms with Crippen LogP contribution >= 0.6 is 0 Å². The van der Waals surface area contributed by atoms with Gasteiger partial charge in [-0.15, -0.1) is 0 Å². The third-order valence-electron chi connectivity index (χ3n) is 5.50. The van der Waals surface area contributed by atoms with E-state index in [9.17, 15) is 5.11 Å². The molecule has 2 bridgehead atoms. The van der Waals surface area contributed by atoms with Crippen molar-refractivity contribution in [3.8, 4) is 11.5 Å². The zero-order chi connectivity index (χ0) is 20.3. The molecule has 1 N–H and O–H groups in total. The van der Waals surface area contributed by atoms with Crippen LogP contribution < -0.4 is 9.47 Å². The van der Waals surface area contributed by atoms with Crippen LogP contribution in [-0.2, 0) is 11.8 Å². The van der Waals surface area contributed by atoms with Gasteiger partial charge >= 0.3 is 0 Å². The minimum absolute atomic E-state index is 0.0812. The van der Waals surface area contributed by atoms with Crippen LogP contribution in [0.5, 0.6) is 11.5 Å². The molecule has 0 radical (unpaired) electrons. The Bertz CT molecular complexity index is 902. The number of nitrogens with zero attached hydrogens (tertiary/aromatic N) is 1. The number of rotatable bonds is 1. The van der Waals surface area contributed by atoms with E-state index in [0.717, 1.165) is 0 Å². The quantitative estimate of drug-likeness (QED) is 0.799. The smallest absolute Gasteiger partial charge is 0.165 e. The molecule has 2 aliphatic carbocycles. The monoisotopic (exact) mass is 305 g/mol. The second kappa shape index (κ2) is 4.06. The lowest BCUT2D eigenvalue weighted by molar-refractivity contribution is -0.0453. The molecule has 116 valence electrons. The number of aliphatic hydroxyl groups excluding tert-OH is 1. The molecule has 1 aromatic carbocycles. The molecule has 1 aromatic rings. The summed E-state index contributed by atoms with van der Waals surface area (Å²) in [6.07, 6.45) is -1.60. The van der Waals surface area contributed by atoms with Crippen LogP contribution in [0.25, 0.3) is 0 Å². The average molecular weight is 305 g/mol. The molecule has 1 saturated heterocycles. The Hall–Kier alpha value is -1.52. The van der Waals surface area contributed by atoms with Crippen molar-refractivity contribution in [3.63, 3.8) is 0 Å². The number of ether oxygens (including phenoxy) is 2. The Morgan fingerprint density at radius 3 is 3.27 bits per heavy atom. The minimum Gasteiger partial charge on any atom is -0.493 e. The Morgan fingerprint density at radius 2 is 2.45 bits per heavy atom. The summed E-state index contributed by atoms with van der Waals surface area (Å²) in [4.78, 5) is 1.23. The van der Waals surface area contributed by atoms with Crippen molar-refractivity contribution in [2.24, 2.45) is 5.92 Å². The van der Waals surface area contributed by atoms with Crippen LogP contribution in [0.2, 0.25) is 0 Å². The van der Waals surface area contributed by atoms with Crippen molar-refractivity contribution in [2.75, 3.05) is 20.6 Å². The summed E-state index contributed by atoms with van der Waals surface area (Å²) in [7, 11) is 1.47. The van der Waals surface area contributed by atoms with Crippen LogP contribution in [0.1, 0.15) is 25.8 Å². The minimum atomic E-state index is -2.47. The third-order valence-corrected chi connectivity index (χ3v) is 5.50. The lowest BCUT2D eigenvalue weighted by Gasteiger charge is -2.56. The number of methoxy groups -OCH3 is 1. The van der Waals surface area contributed by atoms with Crippen molar-refractivity contribution >= 4 is 0 Å². The van der Waals surface area contributed by atoms with Gasteiger partial charge in [-0.2, -0.15) is 0 Å². The van der Waals surface area contributed by atoms with Crippen molar-refractivity contribution < 1.29 is 22.8 Å². The SMILES string of the molecule is [2H]C1([2H])c2ccc(OC)c3c2[C@]24CCN(C([2H])([2H])[2H])[C@H]1[C@@H]2C=CC(O)C4([2H])O3. The van der Waals surface area contributed by atoms with Gasteiger partial charge in [0, 0.05) is 29.8 Å². The van der Waals surface area contributed by atoms with Gasteiger partial charge < -0.3 is 19.5 Å². The molecule has 4 heteroatoms. The lowest BCUT2D eigenvalue weighted by Crippen LogP contribution is -2.64. The lowest BCUT2D eigenvalue weighted by atomic mass is 9.53. The number of hydrogen-bond donors (Lipinski definition) is 1. The maximum absolute atomic E-state index is 10.7. The van der Waals surface area contributed by atoms with Gasteiger partial charge in [-0.1, -0.05) is 18.2 Å². The van der Waals surface area contributed by atoms with Gasteiger partial charge in [0.05, 0.1) is 8.48 Å². The highest BCUT2D eigenvalue weighted by atomic mass is 16.5. The van der Waals surface area contributed by atoms with Crippen molar-refractivity contribution in [1.29, 1.82) is 0 Å². The van der Waals surface area contributed by atoms with E-state index in [1.165, 1.54) is 18.1 Å². The van der Waals surface area contributed by atoms with E-state index >= 15 is 0 Å². The summed E-state index contributed by atoms with van der Waals surface area (Å²) >= 11 is 0. The summed E-state index contributed by atoms with van der Waals surface area (Å²) < 4.78 is 62.2. The maximum atomic E-state index is 10.7. The second-order valence-corrected chi connectivity index (χ2v) is 6.35. The molecule has 0 amide bonds. The summed E-state index contributed by atoms with van der Waals surface area (Å²) in [5, 5.41) is 10.7. The van der Waals surface area contributed by atoms with E-state index in [-0.39, 0.29) is 18.7 Å². The molecule has 2 unspecified atom stereocenters. The van der Waals surface area contributed by atoms with Crippen LogP contribution in [0.15, 0.2) is 24.3 Å². The first-order valence-electron chi connectivity index (χ1n) is 10.5. The Morgan fingerprint density at radius 1 is 1.55 bits per heavy atom. The standard InChI is InChI=1S/C18H21NO3/c1-19-8-7-18-11-4-5-13(20)17(18)22-16-14(21-2)6-3-10(15(16)18)9-12(11)19/h3-6,11-13,17,20H,7-9H2,1-2H3/t11-,12+,13?,17?,18-/m0/s1/i1D3,9D2,17D. The highest BCUT2D eigenvalue weighted by Gasteiger charge is 2.64. The van der Waals surface area contributed by atoms with Crippen molar-refractivity contribution in [3.05, 3.63) is 35.4 Å². The molecule has 1 fully saturated rings. The Labute approximate surface area is 138 Å². The van der Waals surface area contributed by atoms with E-state index in [4.69, 9.17) is 17.7 Å². The predicted molar refractivity (Wildman–Crippen MR) is 82.5 cm³/mol. The van der Waals surface area contributed by atoms with Crippen molar-refractivity contribution in [2.45, 2.75) is 36.4 Å². The molecular weight excluding hydrogens is 278 g/mol. The highest BCUT2D eigenvalue weighted by molar-refractivity contribution is 5.62. The topological polar surface area (TPSA) is 41.9 Å². The molecule has 22 heavy (non-hydrogen) atoms. The molecule has 4 nitrogen and oxygen atoms in total. The molecule has 5 atom stereocenters. The number of likely N-dealkylation sites (N-methyl/N-ethyl adjacent to an activating group) is 1. The number of likely N-dealkylation sites (tertiary alicyclic amines) is 1. The zero-order valence-electron chi connectivity index (χ0n) is 18.2. The van der Waals surface area contributed by atoms with Crippen molar-refractivity contribution in [1.82, 2.24) is 4.90 Å². The second-order valence-electron chi connectivity index (χ2n) is 6.35. The fourth-order valence-electron chi connectivity index (χ4n) is 4.59. The first-order chi connectivity index (χ1) is 13.0. The van der Waals surface area contributed by atoms with Gasteiger partial charge in [0.2, 0.25) is 0 Å². The average Bonchev–Trinajstić information content (AvgIpc) is 2.88.